The average molecular weight is 234 g/mol. The van der Waals surface area contributed by atoms with Crippen molar-refractivity contribution in [3.05, 3.63) is 36.4 Å². The van der Waals surface area contributed by atoms with Gasteiger partial charge in [-0.15, -0.1) is 6.58 Å². The second-order valence-corrected chi connectivity index (χ2v) is 3.46. The molecule has 0 N–H and O–H groups in total. The molecule has 90 valence electrons. The first-order valence-electron chi connectivity index (χ1n) is 5.13. The number of esters is 2. The lowest BCUT2D eigenvalue weighted by molar-refractivity contribution is -0.134. The first kappa shape index (κ1) is 13.0. The monoisotopic (exact) mass is 234 g/mol. The van der Waals surface area contributed by atoms with E-state index in [9.17, 15) is 9.59 Å². The fraction of sp³-hybridized carbons (Fsp3) is 0.231. The summed E-state index contributed by atoms with van der Waals surface area (Å²) in [5.74, 6) is -0.448. The molecule has 0 aliphatic rings. The number of carbonyl (C=O) groups excluding carboxylic acids is 2. The molecule has 0 radical (unpaired) electrons. The molecule has 0 unspecified atom stereocenters. The van der Waals surface area contributed by atoms with Gasteiger partial charge < -0.3 is 9.47 Å². The lowest BCUT2D eigenvalue weighted by Crippen LogP contribution is -2.07. The molecular weight excluding hydrogens is 220 g/mol. The third-order valence-corrected chi connectivity index (χ3v) is 1.90. The van der Waals surface area contributed by atoms with Crippen LogP contribution in [0.2, 0.25) is 0 Å². The van der Waals surface area contributed by atoms with Crippen molar-refractivity contribution in [2.24, 2.45) is 0 Å². The maximum Gasteiger partial charge on any atom is 0.308 e. The van der Waals surface area contributed by atoms with Crippen LogP contribution in [0.25, 0.3) is 0 Å². The van der Waals surface area contributed by atoms with Crippen molar-refractivity contribution in [1.29, 1.82) is 0 Å². The van der Waals surface area contributed by atoms with Crippen molar-refractivity contribution in [2.45, 2.75) is 20.3 Å². The minimum atomic E-state index is -0.464. The van der Waals surface area contributed by atoms with Crippen LogP contribution in [0.1, 0.15) is 19.4 Å². The number of ether oxygens (including phenoxy) is 2. The van der Waals surface area contributed by atoms with Crippen molar-refractivity contribution in [1.82, 2.24) is 0 Å². The molecule has 0 saturated carbocycles. The number of benzene rings is 1. The number of rotatable bonds is 4. The number of hydrogen-bond acceptors (Lipinski definition) is 4. The highest BCUT2D eigenvalue weighted by Gasteiger charge is 2.10. The van der Waals surface area contributed by atoms with E-state index in [0.29, 0.717) is 6.42 Å². The Kier molecular flexibility index (Phi) is 4.46. The van der Waals surface area contributed by atoms with Crippen LogP contribution in [0.5, 0.6) is 11.5 Å². The van der Waals surface area contributed by atoms with Crippen LogP contribution in [0.3, 0.4) is 0 Å². The first-order valence-corrected chi connectivity index (χ1v) is 5.13. The number of hydrogen-bond donors (Lipinski definition) is 0. The van der Waals surface area contributed by atoms with Crippen molar-refractivity contribution in [2.75, 3.05) is 0 Å². The Morgan fingerprint density at radius 1 is 1.18 bits per heavy atom. The van der Waals surface area contributed by atoms with Crippen LogP contribution < -0.4 is 9.47 Å². The predicted molar refractivity (Wildman–Crippen MR) is 63.0 cm³/mol. The molecule has 4 nitrogen and oxygen atoms in total. The Bertz CT molecular complexity index is 449. The zero-order valence-corrected chi connectivity index (χ0v) is 9.86. The molecule has 0 aromatic heterocycles. The van der Waals surface area contributed by atoms with Gasteiger partial charge in [-0.1, -0.05) is 12.1 Å². The van der Waals surface area contributed by atoms with E-state index in [-0.39, 0.29) is 11.5 Å². The van der Waals surface area contributed by atoms with Crippen molar-refractivity contribution >= 4 is 11.9 Å². The van der Waals surface area contributed by atoms with Gasteiger partial charge in [0, 0.05) is 13.8 Å². The fourth-order valence-electron chi connectivity index (χ4n) is 1.32. The van der Waals surface area contributed by atoms with Crippen molar-refractivity contribution < 1.29 is 19.1 Å². The smallest absolute Gasteiger partial charge is 0.308 e. The van der Waals surface area contributed by atoms with E-state index in [1.807, 2.05) is 0 Å². The van der Waals surface area contributed by atoms with Gasteiger partial charge in [0.1, 0.15) is 0 Å². The third-order valence-electron chi connectivity index (χ3n) is 1.90. The van der Waals surface area contributed by atoms with Crippen molar-refractivity contribution in [3.8, 4) is 11.5 Å². The Balaban J connectivity index is 3.06. The van der Waals surface area contributed by atoms with E-state index in [4.69, 9.17) is 9.47 Å². The normalized spacial score (nSPS) is 9.53. The van der Waals surface area contributed by atoms with Gasteiger partial charge in [0.25, 0.3) is 0 Å². The molecule has 0 amide bonds. The molecule has 0 saturated heterocycles. The van der Waals surface area contributed by atoms with Gasteiger partial charge in [-0.05, 0) is 24.1 Å². The molecule has 0 bridgehead atoms. The summed E-state index contributed by atoms with van der Waals surface area (Å²) in [6.45, 7) is 6.20. The maximum absolute atomic E-state index is 10.9. The molecular formula is C13H14O4. The van der Waals surface area contributed by atoms with Crippen LogP contribution >= 0.6 is 0 Å². The molecule has 0 fully saturated rings. The van der Waals surface area contributed by atoms with Gasteiger partial charge in [0.2, 0.25) is 0 Å². The van der Waals surface area contributed by atoms with Crippen LogP contribution in [0.15, 0.2) is 30.9 Å². The topological polar surface area (TPSA) is 52.6 Å². The second kappa shape index (κ2) is 5.84. The summed E-state index contributed by atoms with van der Waals surface area (Å²) in [5.41, 5.74) is 0.923. The quantitative estimate of drug-likeness (QED) is 0.455. The van der Waals surface area contributed by atoms with E-state index in [2.05, 4.69) is 6.58 Å². The first-order chi connectivity index (χ1) is 8.02. The van der Waals surface area contributed by atoms with E-state index < -0.39 is 11.9 Å². The van der Waals surface area contributed by atoms with E-state index in [0.717, 1.165) is 5.56 Å². The zero-order chi connectivity index (χ0) is 12.8. The lowest BCUT2D eigenvalue weighted by atomic mass is 10.1. The Hall–Kier alpha value is -2.10. The minimum Gasteiger partial charge on any atom is -0.423 e. The van der Waals surface area contributed by atoms with Gasteiger partial charge in [0.15, 0.2) is 11.5 Å². The minimum absolute atomic E-state index is 0.237. The Morgan fingerprint density at radius 2 is 1.76 bits per heavy atom. The number of carbonyl (C=O) groups is 2. The predicted octanol–water partition coefficient (Wildman–Crippen LogP) is 2.27. The van der Waals surface area contributed by atoms with Gasteiger partial charge >= 0.3 is 11.9 Å². The summed E-state index contributed by atoms with van der Waals surface area (Å²) in [7, 11) is 0. The molecule has 1 aromatic carbocycles. The summed E-state index contributed by atoms with van der Waals surface area (Å²) in [6, 6.07) is 5.03. The molecule has 0 aliphatic carbocycles. The second-order valence-electron chi connectivity index (χ2n) is 3.46. The summed E-state index contributed by atoms with van der Waals surface area (Å²) in [6.07, 6.45) is 2.38. The lowest BCUT2D eigenvalue weighted by Gasteiger charge is -2.09. The van der Waals surface area contributed by atoms with Gasteiger partial charge in [-0.25, -0.2) is 0 Å². The summed E-state index contributed by atoms with van der Waals surface area (Å²) in [5, 5.41) is 0. The van der Waals surface area contributed by atoms with E-state index in [1.54, 1.807) is 24.3 Å². The Morgan fingerprint density at radius 3 is 2.29 bits per heavy atom. The van der Waals surface area contributed by atoms with Crippen LogP contribution in [-0.2, 0) is 16.0 Å². The summed E-state index contributed by atoms with van der Waals surface area (Å²) >= 11 is 0. The largest absolute Gasteiger partial charge is 0.423 e. The molecule has 0 spiro atoms. The highest BCUT2D eigenvalue weighted by atomic mass is 16.6. The van der Waals surface area contributed by atoms with E-state index >= 15 is 0 Å². The molecule has 17 heavy (non-hydrogen) atoms. The van der Waals surface area contributed by atoms with E-state index in [1.165, 1.54) is 13.8 Å². The molecule has 0 aliphatic heterocycles. The van der Waals surface area contributed by atoms with Crippen LogP contribution in [0.4, 0.5) is 0 Å². The maximum atomic E-state index is 10.9. The zero-order valence-electron chi connectivity index (χ0n) is 9.86. The Labute approximate surface area is 99.8 Å². The molecule has 0 heterocycles. The third kappa shape index (κ3) is 4.10. The summed E-state index contributed by atoms with van der Waals surface area (Å²) < 4.78 is 9.92. The standard InChI is InChI=1S/C13H14O4/c1-4-5-11-6-7-12(16-9(2)14)13(8-11)17-10(3)15/h4,6-8H,1,5H2,2-3H3. The van der Waals surface area contributed by atoms with Crippen LogP contribution in [0, 0.1) is 0 Å². The number of allylic oxidation sites excluding steroid dienone is 1. The van der Waals surface area contributed by atoms with Gasteiger partial charge in [-0.3, -0.25) is 9.59 Å². The van der Waals surface area contributed by atoms with Gasteiger partial charge in [-0.2, -0.15) is 0 Å². The molecule has 4 heteroatoms. The van der Waals surface area contributed by atoms with Crippen LogP contribution in [-0.4, -0.2) is 11.9 Å². The highest BCUT2D eigenvalue weighted by Crippen LogP contribution is 2.29. The SMILES string of the molecule is C=CCc1ccc(OC(C)=O)c(OC(C)=O)c1. The average Bonchev–Trinajstić information content (AvgIpc) is 2.21. The molecule has 0 atom stereocenters. The van der Waals surface area contributed by atoms with Gasteiger partial charge in [0.05, 0.1) is 0 Å². The molecule has 1 rings (SSSR count). The summed E-state index contributed by atoms with van der Waals surface area (Å²) in [4.78, 5) is 21.8. The van der Waals surface area contributed by atoms with Crippen molar-refractivity contribution in [3.63, 3.8) is 0 Å². The highest BCUT2D eigenvalue weighted by molar-refractivity contribution is 5.73. The fourth-order valence-corrected chi connectivity index (χ4v) is 1.32. The molecule has 1 aromatic rings.